The smallest absolute Gasteiger partial charge is 0.134 e. The molecule has 3 heteroatoms. The lowest BCUT2D eigenvalue weighted by molar-refractivity contribution is 0.527. The van der Waals surface area contributed by atoms with Crippen LogP contribution < -0.4 is 5.32 Å². The average Bonchev–Trinajstić information content (AvgIpc) is 3.04. The normalized spacial score (nSPS) is 15.6. The van der Waals surface area contributed by atoms with Gasteiger partial charge in [0.15, 0.2) is 0 Å². The zero-order chi connectivity index (χ0) is 11.7. The average molecular weight is 233 g/mol. The van der Waals surface area contributed by atoms with Gasteiger partial charge in [0.2, 0.25) is 0 Å². The van der Waals surface area contributed by atoms with E-state index < -0.39 is 0 Å². The highest BCUT2D eigenvalue weighted by Crippen LogP contribution is 2.21. The summed E-state index contributed by atoms with van der Waals surface area (Å²) in [6.07, 6.45) is 4.63. The van der Waals surface area contributed by atoms with Crippen molar-refractivity contribution in [1.29, 1.82) is 0 Å². The molecule has 17 heavy (non-hydrogen) atoms. The maximum Gasteiger partial charge on any atom is 0.134 e. The lowest BCUT2D eigenvalue weighted by atomic mass is 10.2. The van der Waals surface area contributed by atoms with Crippen molar-refractivity contribution in [3.8, 4) is 0 Å². The Kier molecular flexibility index (Phi) is 2.85. The molecule has 3 rings (SSSR count). The van der Waals surface area contributed by atoms with Gasteiger partial charge in [0.25, 0.3) is 0 Å². The van der Waals surface area contributed by atoms with Crippen molar-refractivity contribution in [2.45, 2.75) is 31.7 Å². The Morgan fingerprint density at radius 1 is 1.29 bits per heavy atom. The van der Waals surface area contributed by atoms with Crippen LogP contribution in [0.2, 0.25) is 0 Å². The first-order valence-corrected chi connectivity index (χ1v) is 6.22. The van der Waals surface area contributed by atoms with Crippen LogP contribution >= 0.6 is 0 Å². The number of rotatable bonds is 5. The van der Waals surface area contributed by atoms with E-state index in [4.69, 9.17) is 4.42 Å². The summed E-state index contributed by atoms with van der Waals surface area (Å²) < 4.78 is 18.6. The first-order chi connectivity index (χ1) is 8.31. The summed E-state index contributed by atoms with van der Waals surface area (Å²) in [6, 6.07) is 7.35. The van der Waals surface area contributed by atoms with Gasteiger partial charge in [-0.15, -0.1) is 0 Å². The molecule has 1 aromatic heterocycles. The van der Waals surface area contributed by atoms with Crippen LogP contribution in [0.1, 0.15) is 25.0 Å². The van der Waals surface area contributed by atoms with E-state index in [1.54, 1.807) is 6.07 Å². The summed E-state index contributed by atoms with van der Waals surface area (Å²) in [7, 11) is 0. The molecule has 1 aliphatic rings. The van der Waals surface area contributed by atoms with E-state index in [9.17, 15) is 4.39 Å². The van der Waals surface area contributed by atoms with E-state index in [0.29, 0.717) is 0 Å². The Morgan fingerprint density at radius 2 is 2.18 bits per heavy atom. The molecule has 0 saturated heterocycles. The number of benzene rings is 1. The molecular weight excluding hydrogens is 217 g/mol. The number of halogens is 1. The van der Waals surface area contributed by atoms with Gasteiger partial charge in [-0.25, -0.2) is 4.39 Å². The van der Waals surface area contributed by atoms with Gasteiger partial charge in [-0.1, -0.05) is 0 Å². The van der Waals surface area contributed by atoms with Crippen molar-refractivity contribution in [3.63, 3.8) is 0 Å². The van der Waals surface area contributed by atoms with Crippen LogP contribution in [0, 0.1) is 5.82 Å². The molecule has 1 aliphatic carbocycles. The molecule has 0 unspecified atom stereocenters. The Bertz CT molecular complexity index is 516. The lowest BCUT2D eigenvalue weighted by Gasteiger charge is -1.99. The van der Waals surface area contributed by atoms with Crippen LogP contribution in [0.15, 0.2) is 28.7 Å². The predicted octanol–water partition coefficient (Wildman–Crippen LogP) is 3.26. The molecule has 1 fully saturated rings. The van der Waals surface area contributed by atoms with E-state index in [0.717, 1.165) is 42.2 Å². The first kappa shape index (κ1) is 10.8. The van der Waals surface area contributed by atoms with Crippen LogP contribution in [-0.4, -0.2) is 12.6 Å². The van der Waals surface area contributed by atoms with Crippen LogP contribution in [0.4, 0.5) is 4.39 Å². The van der Waals surface area contributed by atoms with Crippen molar-refractivity contribution in [2.75, 3.05) is 6.54 Å². The fraction of sp³-hybridized carbons (Fsp3) is 0.429. The van der Waals surface area contributed by atoms with Crippen LogP contribution in [0.25, 0.3) is 11.0 Å². The second kappa shape index (κ2) is 4.49. The summed E-state index contributed by atoms with van der Waals surface area (Å²) in [5, 5.41) is 4.32. The number of hydrogen-bond donors (Lipinski definition) is 1. The van der Waals surface area contributed by atoms with Crippen LogP contribution in [-0.2, 0) is 6.42 Å². The SMILES string of the molecule is Fc1ccc2oc(CCCNC3CC3)cc2c1. The predicted molar refractivity (Wildman–Crippen MR) is 65.5 cm³/mol. The van der Waals surface area contributed by atoms with Gasteiger partial charge in [0.1, 0.15) is 17.2 Å². The molecule has 1 N–H and O–H groups in total. The highest BCUT2D eigenvalue weighted by Gasteiger charge is 2.19. The second-order valence-electron chi connectivity index (χ2n) is 4.73. The molecule has 1 aromatic carbocycles. The third-order valence-corrected chi connectivity index (χ3v) is 3.14. The first-order valence-electron chi connectivity index (χ1n) is 6.22. The molecule has 1 saturated carbocycles. The molecule has 90 valence electrons. The minimum Gasteiger partial charge on any atom is -0.461 e. The van der Waals surface area contributed by atoms with E-state index in [2.05, 4.69) is 5.32 Å². The zero-order valence-electron chi connectivity index (χ0n) is 9.71. The molecule has 0 amide bonds. The minimum absolute atomic E-state index is 0.208. The van der Waals surface area contributed by atoms with Gasteiger partial charge < -0.3 is 9.73 Å². The summed E-state index contributed by atoms with van der Waals surface area (Å²) in [5.74, 6) is 0.739. The quantitative estimate of drug-likeness (QED) is 0.802. The minimum atomic E-state index is -0.208. The molecule has 0 spiro atoms. The molecule has 0 radical (unpaired) electrons. The second-order valence-corrected chi connectivity index (χ2v) is 4.73. The van der Waals surface area contributed by atoms with Crippen molar-refractivity contribution in [1.82, 2.24) is 5.32 Å². The van der Waals surface area contributed by atoms with Gasteiger partial charge in [0, 0.05) is 17.8 Å². The molecule has 0 bridgehead atoms. The summed E-state index contributed by atoms with van der Waals surface area (Å²) in [5.41, 5.74) is 0.775. The van der Waals surface area contributed by atoms with Crippen molar-refractivity contribution >= 4 is 11.0 Å². The fourth-order valence-corrected chi connectivity index (χ4v) is 2.05. The fourth-order valence-electron chi connectivity index (χ4n) is 2.05. The van der Waals surface area contributed by atoms with E-state index >= 15 is 0 Å². The zero-order valence-corrected chi connectivity index (χ0v) is 9.71. The van der Waals surface area contributed by atoms with Crippen LogP contribution in [0.5, 0.6) is 0 Å². The monoisotopic (exact) mass is 233 g/mol. The van der Waals surface area contributed by atoms with E-state index in [1.165, 1.54) is 25.0 Å². The number of aryl methyl sites for hydroxylation is 1. The lowest BCUT2D eigenvalue weighted by Crippen LogP contribution is -2.17. The number of furan rings is 1. The van der Waals surface area contributed by atoms with E-state index in [-0.39, 0.29) is 5.82 Å². The maximum atomic E-state index is 13.0. The molecule has 2 aromatic rings. The third-order valence-electron chi connectivity index (χ3n) is 3.14. The number of nitrogens with one attached hydrogen (secondary N) is 1. The Hall–Kier alpha value is -1.35. The highest BCUT2D eigenvalue weighted by atomic mass is 19.1. The van der Waals surface area contributed by atoms with Gasteiger partial charge >= 0.3 is 0 Å². The van der Waals surface area contributed by atoms with Crippen molar-refractivity contribution in [2.24, 2.45) is 0 Å². The van der Waals surface area contributed by atoms with Crippen molar-refractivity contribution in [3.05, 3.63) is 35.8 Å². The Labute approximate surface area is 99.8 Å². The van der Waals surface area contributed by atoms with Gasteiger partial charge in [-0.05, 0) is 50.1 Å². The van der Waals surface area contributed by atoms with E-state index in [1.807, 2.05) is 6.07 Å². The molecular formula is C14H16FNO. The largest absolute Gasteiger partial charge is 0.461 e. The standard InChI is InChI=1S/C14H16FNO/c15-11-3-6-14-10(8-11)9-13(17-14)2-1-7-16-12-4-5-12/h3,6,8-9,12,16H,1-2,4-5,7H2. The maximum absolute atomic E-state index is 13.0. The van der Waals surface area contributed by atoms with Gasteiger partial charge in [-0.3, -0.25) is 0 Å². The van der Waals surface area contributed by atoms with Crippen molar-refractivity contribution < 1.29 is 8.81 Å². The molecule has 0 aliphatic heterocycles. The summed E-state index contributed by atoms with van der Waals surface area (Å²) in [6.45, 7) is 1.04. The van der Waals surface area contributed by atoms with Gasteiger partial charge in [-0.2, -0.15) is 0 Å². The summed E-state index contributed by atoms with van der Waals surface area (Å²) in [4.78, 5) is 0. The Morgan fingerprint density at radius 3 is 3.00 bits per heavy atom. The van der Waals surface area contributed by atoms with Gasteiger partial charge in [0.05, 0.1) is 0 Å². The molecule has 0 atom stereocenters. The molecule has 1 heterocycles. The number of fused-ring (bicyclic) bond motifs is 1. The highest BCUT2D eigenvalue weighted by molar-refractivity contribution is 5.77. The summed E-state index contributed by atoms with van der Waals surface area (Å²) >= 11 is 0. The number of hydrogen-bond acceptors (Lipinski definition) is 2. The topological polar surface area (TPSA) is 25.2 Å². The Balaban J connectivity index is 1.60. The third kappa shape index (κ3) is 2.67. The van der Waals surface area contributed by atoms with Crippen LogP contribution in [0.3, 0.4) is 0 Å². The molecule has 2 nitrogen and oxygen atoms in total.